The first kappa shape index (κ1) is 14.5. The monoisotopic (exact) mass is 263 g/mol. The second-order valence-corrected chi connectivity index (χ2v) is 6.25. The van der Waals surface area contributed by atoms with Gasteiger partial charge in [0.25, 0.3) is 0 Å². The van der Waals surface area contributed by atoms with Crippen molar-refractivity contribution in [2.24, 2.45) is 0 Å². The fraction of sp³-hybridized carbons (Fsp3) is 0.625. The maximum Gasteiger partial charge on any atom is 0.135 e. The van der Waals surface area contributed by atoms with E-state index in [1.54, 1.807) is 0 Å². The number of hydrogen-bond donors (Lipinski definition) is 0. The molecule has 0 aromatic heterocycles. The number of benzene rings is 1. The smallest absolute Gasteiger partial charge is 0.135 e. The average molecular weight is 263 g/mol. The van der Waals surface area contributed by atoms with Crippen LogP contribution in [0.4, 0.5) is 0 Å². The number of nitrogens with zero attached hydrogens (tertiary/aromatic N) is 1. The maximum absolute atomic E-state index is 5.30. The Kier molecular flexibility index (Phi) is 4.97. The molecule has 1 aromatic carbocycles. The van der Waals surface area contributed by atoms with Crippen molar-refractivity contribution in [3.63, 3.8) is 0 Å². The molecule has 0 aliphatic carbocycles. The molecule has 1 aromatic rings. The summed E-state index contributed by atoms with van der Waals surface area (Å²) in [4.78, 5) is 12.9. The minimum absolute atomic E-state index is 0.234. The largest absolute Gasteiger partial charge is 0.278 e. The Morgan fingerprint density at radius 3 is 2.32 bits per heavy atom. The maximum atomic E-state index is 5.30. The molecule has 3 nitrogen and oxygen atoms in total. The molecule has 2 rings (SSSR count). The van der Waals surface area contributed by atoms with Crippen LogP contribution in [0.2, 0.25) is 0 Å². The van der Waals surface area contributed by atoms with Crippen molar-refractivity contribution in [3.05, 3.63) is 35.9 Å². The van der Waals surface area contributed by atoms with Crippen LogP contribution in [0.5, 0.6) is 0 Å². The second kappa shape index (κ2) is 6.51. The third kappa shape index (κ3) is 4.94. The van der Waals surface area contributed by atoms with E-state index in [1.165, 1.54) is 18.4 Å². The molecular formula is C16H25NO2. The fourth-order valence-electron chi connectivity index (χ4n) is 2.40. The van der Waals surface area contributed by atoms with Gasteiger partial charge >= 0.3 is 0 Å². The van der Waals surface area contributed by atoms with Crippen molar-refractivity contribution in [2.75, 3.05) is 19.8 Å². The molecule has 0 unspecified atom stereocenters. The first-order chi connectivity index (χ1) is 9.04. The molecule has 1 aliphatic rings. The minimum atomic E-state index is -0.234. The molecule has 0 saturated carbocycles. The van der Waals surface area contributed by atoms with Gasteiger partial charge in [-0.15, -0.1) is 0 Å². The Hall–Kier alpha value is -0.900. The van der Waals surface area contributed by atoms with Crippen LogP contribution >= 0.6 is 0 Å². The lowest BCUT2D eigenvalue weighted by molar-refractivity contribution is -0.365. The summed E-state index contributed by atoms with van der Waals surface area (Å²) in [5, 5.41) is 0. The third-order valence-electron chi connectivity index (χ3n) is 3.40. The van der Waals surface area contributed by atoms with Crippen LogP contribution < -0.4 is 0 Å². The van der Waals surface area contributed by atoms with Gasteiger partial charge in [-0.05, 0) is 45.1 Å². The molecule has 3 heteroatoms. The van der Waals surface area contributed by atoms with Crippen LogP contribution in [0, 0.1) is 0 Å². The normalized spacial score (nSPS) is 18.7. The van der Waals surface area contributed by atoms with Gasteiger partial charge in [0.15, 0.2) is 0 Å². The van der Waals surface area contributed by atoms with Gasteiger partial charge in [-0.25, -0.2) is 9.78 Å². The Morgan fingerprint density at radius 1 is 1.11 bits per heavy atom. The molecule has 106 valence electrons. The van der Waals surface area contributed by atoms with Gasteiger partial charge in [-0.3, -0.25) is 4.90 Å². The fourth-order valence-corrected chi connectivity index (χ4v) is 2.40. The van der Waals surface area contributed by atoms with Crippen LogP contribution in [-0.2, 0) is 9.78 Å². The molecule has 19 heavy (non-hydrogen) atoms. The van der Waals surface area contributed by atoms with E-state index in [4.69, 9.17) is 9.78 Å². The van der Waals surface area contributed by atoms with E-state index in [0.717, 1.165) is 13.1 Å². The highest BCUT2D eigenvalue weighted by Gasteiger charge is 2.21. The van der Waals surface area contributed by atoms with E-state index in [1.807, 2.05) is 20.8 Å². The molecule has 0 radical (unpaired) electrons. The van der Waals surface area contributed by atoms with Crippen molar-refractivity contribution >= 4 is 0 Å². The molecule has 1 saturated heterocycles. The summed E-state index contributed by atoms with van der Waals surface area (Å²) in [5.74, 6) is 0.695. The molecule has 0 atom stereocenters. The van der Waals surface area contributed by atoms with Gasteiger partial charge in [0, 0.05) is 13.1 Å². The van der Waals surface area contributed by atoms with Gasteiger partial charge in [-0.1, -0.05) is 30.3 Å². The van der Waals surface area contributed by atoms with Crippen molar-refractivity contribution < 1.29 is 9.78 Å². The Labute approximate surface area is 116 Å². The standard InChI is InChI=1S/C16H25NO2/c1-16(2,3)19-18-13-17-11-9-15(10-12-17)14-7-5-4-6-8-14/h4-8,15H,9-13H2,1-3H3. The first-order valence-electron chi connectivity index (χ1n) is 7.12. The van der Waals surface area contributed by atoms with Crippen molar-refractivity contribution in [1.82, 2.24) is 4.90 Å². The van der Waals surface area contributed by atoms with E-state index in [2.05, 4.69) is 35.2 Å². The summed E-state index contributed by atoms with van der Waals surface area (Å²) < 4.78 is 0. The van der Waals surface area contributed by atoms with Gasteiger partial charge < -0.3 is 0 Å². The molecule has 1 heterocycles. The van der Waals surface area contributed by atoms with E-state index >= 15 is 0 Å². The van der Waals surface area contributed by atoms with Crippen molar-refractivity contribution in [2.45, 2.75) is 45.1 Å². The lowest BCUT2D eigenvalue weighted by atomic mass is 9.90. The van der Waals surface area contributed by atoms with Crippen molar-refractivity contribution in [1.29, 1.82) is 0 Å². The van der Waals surface area contributed by atoms with E-state index in [-0.39, 0.29) is 5.60 Å². The Bertz CT molecular complexity index is 364. The zero-order valence-electron chi connectivity index (χ0n) is 12.3. The Morgan fingerprint density at radius 2 is 1.74 bits per heavy atom. The highest BCUT2D eigenvalue weighted by molar-refractivity contribution is 5.19. The number of rotatable bonds is 4. The van der Waals surface area contributed by atoms with Gasteiger partial charge in [0.2, 0.25) is 0 Å². The number of likely N-dealkylation sites (tertiary alicyclic amines) is 1. The van der Waals surface area contributed by atoms with E-state index < -0.39 is 0 Å². The third-order valence-corrected chi connectivity index (χ3v) is 3.40. The first-order valence-corrected chi connectivity index (χ1v) is 7.12. The van der Waals surface area contributed by atoms with Crippen LogP contribution in [0.15, 0.2) is 30.3 Å². The minimum Gasteiger partial charge on any atom is -0.278 e. The van der Waals surface area contributed by atoms with E-state index in [0.29, 0.717) is 12.6 Å². The molecule has 0 bridgehead atoms. The average Bonchev–Trinajstić information content (AvgIpc) is 2.39. The quantitative estimate of drug-likeness (QED) is 0.612. The van der Waals surface area contributed by atoms with Gasteiger partial charge in [-0.2, -0.15) is 0 Å². The zero-order valence-corrected chi connectivity index (χ0v) is 12.3. The predicted octanol–water partition coefficient (Wildman–Crippen LogP) is 3.57. The predicted molar refractivity (Wildman–Crippen MR) is 76.8 cm³/mol. The molecular weight excluding hydrogens is 238 g/mol. The Balaban J connectivity index is 1.71. The SMILES string of the molecule is CC(C)(C)OOCN1CCC(c2ccccc2)CC1. The van der Waals surface area contributed by atoms with Gasteiger partial charge in [0.1, 0.15) is 6.73 Å². The van der Waals surface area contributed by atoms with E-state index in [9.17, 15) is 0 Å². The highest BCUT2D eigenvalue weighted by Crippen LogP contribution is 2.27. The summed E-state index contributed by atoms with van der Waals surface area (Å²) in [7, 11) is 0. The lowest BCUT2D eigenvalue weighted by Crippen LogP contribution is -2.35. The molecule has 0 spiro atoms. The molecule has 0 amide bonds. The number of hydrogen-bond acceptors (Lipinski definition) is 3. The summed E-state index contributed by atoms with van der Waals surface area (Å²) in [6, 6.07) is 10.8. The lowest BCUT2D eigenvalue weighted by Gasteiger charge is -2.32. The molecule has 1 fully saturated rings. The number of piperidine rings is 1. The summed E-state index contributed by atoms with van der Waals surface area (Å²) in [6.45, 7) is 8.71. The topological polar surface area (TPSA) is 21.7 Å². The zero-order chi connectivity index (χ0) is 13.7. The van der Waals surface area contributed by atoms with Crippen LogP contribution in [0.1, 0.15) is 45.1 Å². The molecule has 0 N–H and O–H groups in total. The highest BCUT2D eigenvalue weighted by atomic mass is 17.2. The van der Waals surface area contributed by atoms with Crippen LogP contribution in [-0.4, -0.2) is 30.3 Å². The van der Waals surface area contributed by atoms with Gasteiger partial charge in [0.05, 0.1) is 5.60 Å². The summed E-state index contributed by atoms with van der Waals surface area (Å²) in [6.07, 6.45) is 2.39. The summed E-state index contributed by atoms with van der Waals surface area (Å²) >= 11 is 0. The van der Waals surface area contributed by atoms with Crippen LogP contribution in [0.3, 0.4) is 0 Å². The molecule has 1 aliphatic heterocycles. The second-order valence-electron chi connectivity index (χ2n) is 6.25. The van der Waals surface area contributed by atoms with Crippen molar-refractivity contribution in [3.8, 4) is 0 Å². The summed E-state index contributed by atoms with van der Waals surface area (Å²) in [5.41, 5.74) is 1.23. The van der Waals surface area contributed by atoms with Crippen LogP contribution in [0.25, 0.3) is 0 Å².